The van der Waals surface area contributed by atoms with E-state index in [0.29, 0.717) is 19.5 Å². The standard InChI is InChI=1S/C12H17N5O/c1-10-3-4-13-8-12(10)14-7-11-9-17(16-15-11)5-2-6-18/h3-4,8-9,14,18H,2,5-7H2,1H3. The second-order valence-corrected chi connectivity index (χ2v) is 4.09. The smallest absolute Gasteiger partial charge is 0.102 e. The lowest BCUT2D eigenvalue weighted by Crippen LogP contribution is -2.02. The molecule has 6 nitrogen and oxygen atoms in total. The predicted octanol–water partition coefficient (Wildman–Crippen LogP) is 0.976. The Hall–Kier alpha value is -1.95. The molecule has 0 amide bonds. The summed E-state index contributed by atoms with van der Waals surface area (Å²) in [5, 5.41) is 20.1. The van der Waals surface area contributed by atoms with Gasteiger partial charge in [0.25, 0.3) is 0 Å². The Labute approximate surface area is 106 Å². The van der Waals surface area contributed by atoms with Crippen LogP contribution in [-0.2, 0) is 13.1 Å². The molecule has 0 saturated carbocycles. The van der Waals surface area contributed by atoms with Crippen LogP contribution < -0.4 is 5.32 Å². The van der Waals surface area contributed by atoms with Crippen molar-refractivity contribution >= 4 is 5.69 Å². The maximum Gasteiger partial charge on any atom is 0.102 e. The summed E-state index contributed by atoms with van der Waals surface area (Å²) in [5.41, 5.74) is 3.02. The fourth-order valence-electron chi connectivity index (χ4n) is 1.60. The quantitative estimate of drug-likeness (QED) is 0.795. The average molecular weight is 247 g/mol. The Morgan fingerprint density at radius 1 is 1.44 bits per heavy atom. The third kappa shape index (κ3) is 3.27. The van der Waals surface area contributed by atoms with Crippen LogP contribution >= 0.6 is 0 Å². The molecule has 0 aliphatic rings. The summed E-state index contributed by atoms with van der Waals surface area (Å²) in [6.45, 7) is 3.51. The van der Waals surface area contributed by atoms with Gasteiger partial charge in [-0.25, -0.2) is 0 Å². The largest absolute Gasteiger partial charge is 0.396 e. The van der Waals surface area contributed by atoms with Gasteiger partial charge in [0.2, 0.25) is 0 Å². The molecule has 0 atom stereocenters. The highest BCUT2D eigenvalue weighted by Gasteiger charge is 2.02. The van der Waals surface area contributed by atoms with E-state index in [4.69, 9.17) is 5.11 Å². The van der Waals surface area contributed by atoms with Crippen LogP contribution in [0, 0.1) is 6.92 Å². The molecular formula is C12H17N5O. The minimum absolute atomic E-state index is 0.169. The van der Waals surface area contributed by atoms with Crippen molar-refractivity contribution < 1.29 is 5.11 Å². The van der Waals surface area contributed by atoms with Gasteiger partial charge in [-0.15, -0.1) is 5.10 Å². The second kappa shape index (κ2) is 6.11. The summed E-state index contributed by atoms with van der Waals surface area (Å²) in [7, 11) is 0. The summed E-state index contributed by atoms with van der Waals surface area (Å²) < 4.78 is 1.74. The number of aliphatic hydroxyl groups is 1. The molecule has 0 unspecified atom stereocenters. The highest BCUT2D eigenvalue weighted by molar-refractivity contribution is 5.47. The lowest BCUT2D eigenvalue weighted by molar-refractivity contribution is 0.276. The molecule has 18 heavy (non-hydrogen) atoms. The van der Waals surface area contributed by atoms with Gasteiger partial charge in [0.15, 0.2) is 0 Å². The van der Waals surface area contributed by atoms with E-state index in [0.717, 1.165) is 16.9 Å². The van der Waals surface area contributed by atoms with Gasteiger partial charge in [0.1, 0.15) is 5.69 Å². The van der Waals surface area contributed by atoms with Crippen LogP contribution in [0.25, 0.3) is 0 Å². The molecule has 0 aliphatic heterocycles. The van der Waals surface area contributed by atoms with Crippen molar-refractivity contribution in [2.75, 3.05) is 11.9 Å². The summed E-state index contributed by atoms with van der Waals surface area (Å²) in [4.78, 5) is 4.07. The minimum Gasteiger partial charge on any atom is -0.396 e. The Morgan fingerprint density at radius 2 is 2.33 bits per heavy atom. The molecule has 2 heterocycles. The summed E-state index contributed by atoms with van der Waals surface area (Å²) in [5.74, 6) is 0. The molecule has 2 N–H and O–H groups in total. The number of aromatic nitrogens is 4. The van der Waals surface area contributed by atoms with Gasteiger partial charge >= 0.3 is 0 Å². The van der Waals surface area contributed by atoms with Gasteiger partial charge in [-0.2, -0.15) is 0 Å². The van der Waals surface area contributed by atoms with E-state index in [-0.39, 0.29) is 6.61 Å². The number of rotatable bonds is 6. The second-order valence-electron chi connectivity index (χ2n) is 4.09. The van der Waals surface area contributed by atoms with E-state index < -0.39 is 0 Å². The monoisotopic (exact) mass is 247 g/mol. The van der Waals surface area contributed by atoms with Crippen LogP contribution in [0.2, 0.25) is 0 Å². The third-order valence-electron chi connectivity index (χ3n) is 2.63. The average Bonchev–Trinajstić information content (AvgIpc) is 2.83. The topological polar surface area (TPSA) is 75.9 Å². The molecule has 2 aromatic heterocycles. The molecule has 0 bridgehead atoms. The number of aryl methyl sites for hydroxylation is 2. The van der Waals surface area contributed by atoms with Gasteiger partial charge in [0, 0.05) is 19.3 Å². The number of pyridine rings is 1. The molecule has 2 aromatic rings. The van der Waals surface area contributed by atoms with E-state index in [2.05, 4.69) is 20.6 Å². The number of nitrogens with one attached hydrogen (secondary N) is 1. The maximum absolute atomic E-state index is 8.74. The SMILES string of the molecule is Cc1ccncc1NCc1cn(CCCO)nn1. The molecule has 0 aliphatic carbocycles. The number of anilines is 1. The first kappa shape index (κ1) is 12.5. The lowest BCUT2D eigenvalue weighted by atomic mass is 10.2. The van der Waals surface area contributed by atoms with E-state index in [1.165, 1.54) is 0 Å². The predicted molar refractivity (Wildman–Crippen MR) is 68.0 cm³/mol. The van der Waals surface area contributed by atoms with E-state index in [1.54, 1.807) is 17.1 Å². The zero-order valence-corrected chi connectivity index (χ0v) is 10.4. The normalized spacial score (nSPS) is 10.6. The molecule has 0 aromatic carbocycles. The van der Waals surface area contributed by atoms with Gasteiger partial charge in [-0.3, -0.25) is 9.67 Å². The lowest BCUT2D eigenvalue weighted by Gasteiger charge is -2.06. The summed E-state index contributed by atoms with van der Waals surface area (Å²) >= 11 is 0. The highest BCUT2D eigenvalue weighted by Crippen LogP contribution is 2.12. The van der Waals surface area contributed by atoms with Gasteiger partial charge < -0.3 is 10.4 Å². The molecule has 6 heteroatoms. The van der Waals surface area contributed by atoms with Crippen LogP contribution in [0.15, 0.2) is 24.7 Å². The van der Waals surface area contributed by atoms with E-state index in [9.17, 15) is 0 Å². The Kier molecular flexibility index (Phi) is 4.25. The van der Waals surface area contributed by atoms with Crippen LogP contribution in [0.3, 0.4) is 0 Å². The molecule has 0 radical (unpaired) electrons. The Bertz CT molecular complexity index is 497. The minimum atomic E-state index is 0.169. The fraction of sp³-hybridized carbons (Fsp3) is 0.417. The first-order valence-corrected chi connectivity index (χ1v) is 5.94. The van der Waals surface area contributed by atoms with Crippen molar-refractivity contribution in [1.82, 2.24) is 20.0 Å². The summed E-state index contributed by atoms with van der Waals surface area (Å²) in [6.07, 6.45) is 6.14. The molecule has 0 saturated heterocycles. The number of aliphatic hydroxyl groups excluding tert-OH is 1. The molecule has 96 valence electrons. The number of nitrogens with zero attached hydrogens (tertiary/aromatic N) is 4. The zero-order valence-electron chi connectivity index (χ0n) is 10.4. The third-order valence-corrected chi connectivity index (χ3v) is 2.63. The van der Waals surface area contributed by atoms with Crippen molar-refractivity contribution in [3.63, 3.8) is 0 Å². The van der Waals surface area contributed by atoms with Gasteiger partial charge in [-0.1, -0.05) is 5.21 Å². The van der Waals surface area contributed by atoms with Gasteiger partial charge in [-0.05, 0) is 25.0 Å². The van der Waals surface area contributed by atoms with Crippen molar-refractivity contribution in [1.29, 1.82) is 0 Å². The van der Waals surface area contributed by atoms with Crippen LogP contribution in [-0.4, -0.2) is 31.7 Å². The first-order chi connectivity index (χ1) is 8.79. The fourth-order valence-corrected chi connectivity index (χ4v) is 1.60. The number of hydrogen-bond donors (Lipinski definition) is 2. The molecule has 2 rings (SSSR count). The maximum atomic E-state index is 8.74. The first-order valence-electron chi connectivity index (χ1n) is 5.94. The Balaban J connectivity index is 1.90. The number of hydrogen-bond acceptors (Lipinski definition) is 5. The van der Waals surface area contributed by atoms with Crippen LogP contribution in [0.1, 0.15) is 17.7 Å². The highest BCUT2D eigenvalue weighted by atomic mass is 16.3. The van der Waals surface area contributed by atoms with E-state index in [1.807, 2.05) is 19.2 Å². The van der Waals surface area contributed by atoms with Gasteiger partial charge in [0.05, 0.1) is 24.6 Å². The van der Waals surface area contributed by atoms with Crippen LogP contribution in [0.4, 0.5) is 5.69 Å². The van der Waals surface area contributed by atoms with Crippen molar-refractivity contribution in [3.8, 4) is 0 Å². The van der Waals surface area contributed by atoms with E-state index >= 15 is 0 Å². The van der Waals surface area contributed by atoms with Crippen LogP contribution in [0.5, 0.6) is 0 Å². The molecular weight excluding hydrogens is 230 g/mol. The molecule has 0 spiro atoms. The zero-order chi connectivity index (χ0) is 12.8. The van der Waals surface area contributed by atoms with Crippen molar-refractivity contribution in [3.05, 3.63) is 35.9 Å². The van der Waals surface area contributed by atoms with Crippen molar-refractivity contribution in [2.45, 2.75) is 26.4 Å². The molecule has 0 fully saturated rings. The summed E-state index contributed by atoms with van der Waals surface area (Å²) in [6, 6.07) is 1.96. The Morgan fingerprint density at radius 3 is 3.11 bits per heavy atom. The van der Waals surface area contributed by atoms with Crippen molar-refractivity contribution in [2.24, 2.45) is 0 Å².